The first-order valence-electron chi connectivity index (χ1n) is 3.87. The van der Waals surface area contributed by atoms with Crippen LogP contribution in [0.3, 0.4) is 0 Å². The Morgan fingerprint density at radius 1 is 1.21 bits per heavy atom. The third-order valence-corrected chi connectivity index (χ3v) is 2.29. The molecule has 0 aromatic heterocycles. The van der Waals surface area contributed by atoms with E-state index in [2.05, 4.69) is 15.9 Å². The molecular weight excluding hydrogens is 252 g/mol. The number of aliphatic hydroxyl groups excluding tert-OH is 2. The van der Waals surface area contributed by atoms with Crippen molar-refractivity contribution in [3.8, 4) is 0 Å². The van der Waals surface area contributed by atoms with E-state index in [1.54, 1.807) is 24.3 Å². The number of carboxylic acid groups (broad SMARTS) is 1. The number of hydrogen-bond donors (Lipinski definition) is 3. The molecule has 0 saturated carbocycles. The molecule has 1 aromatic carbocycles. The van der Waals surface area contributed by atoms with Gasteiger partial charge >= 0.3 is 5.97 Å². The average molecular weight is 261 g/mol. The van der Waals surface area contributed by atoms with Crippen molar-refractivity contribution in [2.24, 2.45) is 0 Å². The number of carboxylic acids is 1. The van der Waals surface area contributed by atoms with E-state index in [4.69, 9.17) is 10.2 Å². The van der Waals surface area contributed by atoms with Crippen LogP contribution in [0.2, 0.25) is 0 Å². The standard InChI is InChI=1S/C9H9BrO4/c10-6-3-1-5(2-4-6)7(11)8(12)9(13)14/h1-4,7-8,11-12H,(H,13,14). The molecule has 0 fully saturated rings. The molecule has 0 spiro atoms. The lowest BCUT2D eigenvalue weighted by Crippen LogP contribution is -2.27. The second-order valence-corrected chi connectivity index (χ2v) is 3.70. The molecule has 0 heterocycles. The molecule has 3 N–H and O–H groups in total. The summed E-state index contributed by atoms with van der Waals surface area (Å²) in [4.78, 5) is 10.4. The second kappa shape index (κ2) is 4.54. The Hall–Kier alpha value is -0.910. The molecule has 0 bridgehead atoms. The Kier molecular flexibility index (Phi) is 3.62. The Bertz CT molecular complexity index is 322. The molecule has 0 aliphatic heterocycles. The number of halogens is 1. The van der Waals surface area contributed by atoms with Gasteiger partial charge in [0, 0.05) is 4.47 Å². The van der Waals surface area contributed by atoms with Crippen LogP contribution in [0.5, 0.6) is 0 Å². The zero-order valence-corrected chi connectivity index (χ0v) is 8.68. The first-order valence-corrected chi connectivity index (χ1v) is 4.66. The van der Waals surface area contributed by atoms with Gasteiger partial charge in [0.1, 0.15) is 6.10 Å². The number of hydrogen-bond acceptors (Lipinski definition) is 3. The molecule has 76 valence electrons. The quantitative estimate of drug-likeness (QED) is 0.756. The highest BCUT2D eigenvalue weighted by Gasteiger charge is 2.24. The molecule has 14 heavy (non-hydrogen) atoms. The van der Waals surface area contributed by atoms with E-state index >= 15 is 0 Å². The number of aliphatic carboxylic acids is 1. The molecule has 5 heteroatoms. The van der Waals surface area contributed by atoms with Crippen LogP contribution >= 0.6 is 15.9 Å². The summed E-state index contributed by atoms with van der Waals surface area (Å²) in [6.45, 7) is 0. The molecule has 1 rings (SSSR count). The lowest BCUT2D eigenvalue weighted by Gasteiger charge is -2.13. The highest BCUT2D eigenvalue weighted by molar-refractivity contribution is 9.10. The summed E-state index contributed by atoms with van der Waals surface area (Å²) in [6.07, 6.45) is -3.20. The summed E-state index contributed by atoms with van der Waals surface area (Å²) in [7, 11) is 0. The molecular formula is C9H9BrO4. The molecule has 2 atom stereocenters. The SMILES string of the molecule is O=C(O)C(O)C(O)c1ccc(Br)cc1. The summed E-state index contributed by atoms with van der Waals surface area (Å²) in [5.41, 5.74) is 0.364. The maximum atomic E-state index is 10.4. The monoisotopic (exact) mass is 260 g/mol. The third kappa shape index (κ3) is 2.54. The van der Waals surface area contributed by atoms with Crippen molar-refractivity contribution in [1.82, 2.24) is 0 Å². The summed E-state index contributed by atoms with van der Waals surface area (Å²) < 4.78 is 0.818. The molecule has 4 nitrogen and oxygen atoms in total. The largest absolute Gasteiger partial charge is 0.479 e. The Labute approximate surface area is 88.9 Å². The van der Waals surface area contributed by atoms with Crippen molar-refractivity contribution in [3.63, 3.8) is 0 Å². The molecule has 0 radical (unpaired) electrons. The van der Waals surface area contributed by atoms with E-state index in [0.717, 1.165) is 4.47 Å². The van der Waals surface area contributed by atoms with Crippen molar-refractivity contribution >= 4 is 21.9 Å². The Morgan fingerprint density at radius 2 is 1.71 bits per heavy atom. The van der Waals surface area contributed by atoms with Crippen molar-refractivity contribution in [2.75, 3.05) is 0 Å². The van der Waals surface area contributed by atoms with E-state index in [9.17, 15) is 9.90 Å². The van der Waals surface area contributed by atoms with Gasteiger partial charge in [-0.05, 0) is 17.7 Å². The summed E-state index contributed by atoms with van der Waals surface area (Å²) in [5.74, 6) is -1.44. The summed E-state index contributed by atoms with van der Waals surface area (Å²) in [5, 5.41) is 26.9. The van der Waals surface area contributed by atoms with Crippen molar-refractivity contribution in [3.05, 3.63) is 34.3 Å². The van der Waals surface area contributed by atoms with Crippen molar-refractivity contribution < 1.29 is 20.1 Å². The van der Waals surface area contributed by atoms with Crippen LogP contribution in [0.1, 0.15) is 11.7 Å². The van der Waals surface area contributed by atoms with Gasteiger partial charge in [-0.1, -0.05) is 28.1 Å². The van der Waals surface area contributed by atoms with E-state index in [1.807, 2.05) is 0 Å². The van der Waals surface area contributed by atoms with Gasteiger partial charge in [-0.2, -0.15) is 0 Å². The fraction of sp³-hybridized carbons (Fsp3) is 0.222. The maximum Gasteiger partial charge on any atom is 0.335 e. The van der Waals surface area contributed by atoms with Crippen LogP contribution in [-0.4, -0.2) is 27.4 Å². The van der Waals surface area contributed by atoms with Crippen LogP contribution in [-0.2, 0) is 4.79 Å². The van der Waals surface area contributed by atoms with Crippen LogP contribution in [0.15, 0.2) is 28.7 Å². The molecule has 0 saturated heterocycles. The predicted octanol–water partition coefficient (Wildman–Crippen LogP) is 0.928. The average Bonchev–Trinajstić information content (AvgIpc) is 2.16. The van der Waals surface area contributed by atoms with E-state index in [-0.39, 0.29) is 0 Å². The van der Waals surface area contributed by atoms with Crippen molar-refractivity contribution in [2.45, 2.75) is 12.2 Å². The summed E-state index contributed by atoms with van der Waals surface area (Å²) in [6, 6.07) is 6.40. The van der Waals surface area contributed by atoms with E-state index < -0.39 is 18.2 Å². The number of rotatable bonds is 3. The minimum Gasteiger partial charge on any atom is -0.479 e. The second-order valence-electron chi connectivity index (χ2n) is 2.78. The summed E-state index contributed by atoms with van der Waals surface area (Å²) >= 11 is 3.20. The van der Waals surface area contributed by atoms with E-state index in [0.29, 0.717) is 5.56 Å². The zero-order chi connectivity index (χ0) is 10.7. The Balaban J connectivity index is 2.84. The lowest BCUT2D eigenvalue weighted by molar-refractivity contribution is -0.153. The highest BCUT2D eigenvalue weighted by atomic mass is 79.9. The molecule has 2 unspecified atom stereocenters. The molecule has 0 amide bonds. The topological polar surface area (TPSA) is 77.8 Å². The van der Waals surface area contributed by atoms with Gasteiger partial charge in [0.25, 0.3) is 0 Å². The number of carbonyl (C=O) groups is 1. The normalized spacial score (nSPS) is 14.8. The number of aliphatic hydroxyl groups is 2. The van der Waals surface area contributed by atoms with Crippen LogP contribution < -0.4 is 0 Å². The highest BCUT2D eigenvalue weighted by Crippen LogP contribution is 2.19. The minimum absolute atomic E-state index is 0.364. The van der Waals surface area contributed by atoms with Crippen molar-refractivity contribution in [1.29, 1.82) is 0 Å². The maximum absolute atomic E-state index is 10.4. The minimum atomic E-state index is -1.80. The van der Waals surface area contributed by atoms with Gasteiger partial charge in [-0.25, -0.2) is 4.79 Å². The lowest BCUT2D eigenvalue weighted by atomic mass is 10.1. The van der Waals surface area contributed by atoms with Gasteiger partial charge in [0.15, 0.2) is 6.10 Å². The van der Waals surface area contributed by atoms with Gasteiger partial charge in [0.2, 0.25) is 0 Å². The van der Waals surface area contributed by atoms with Crippen LogP contribution in [0, 0.1) is 0 Å². The number of benzene rings is 1. The predicted molar refractivity (Wildman–Crippen MR) is 52.7 cm³/mol. The Morgan fingerprint density at radius 3 is 2.14 bits per heavy atom. The first-order chi connectivity index (χ1) is 6.52. The molecule has 1 aromatic rings. The third-order valence-electron chi connectivity index (χ3n) is 1.76. The van der Waals surface area contributed by atoms with Gasteiger partial charge in [-0.3, -0.25) is 0 Å². The van der Waals surface area contributed by atoms with Gasteiger partial charge in [0.05, 0.1) is 0 Å². The fourth-order valence-corrected chi connectivity index (χ4v) is 1.24. The van der Waals surface area contributed by atoms with Gasteiger partial charge in [-0.15, -0.1) is 0 Å². The van der Waals surface area contributed by atoms with Crippen LogP contribution in [0.4, 0.5) is 0 Å². The zero-order valence-electron chi connectivity index (χ0n) is 7.09. The van der Waals surface area contributed by atoms with E-state index in [1.165, 1.54) is 0 Å². The molecule has 0 aliphatic rings. The fourth-order valence-electron chi connectivity index (χ4n) is 0.977. The smallest absolute Gasteiger partial charge is 0.335 e. The first kappa shape index (κ1) is 11.2. The molecule has 0 aliphatic carbocycles. The van der Waals surface area contributed by atoms with Gasteiger partial charge < -0.3 is 15.3 Å². The van der Waals surface area contributed by atoms with Crippen LogP contribution in [0.25, 0.3) is 0 Å².